The van der Waals surface area contributed by atoms with E-state index >= 15 is 0 Å². The second kappa shape index (κ2) is 8.00. The van der Waals surface area contributed by atoms with E-state index in [4.69, 9.17) is 4.98 Å². The van der Waals surface area contributed by atoms with Crippen molar-refractivity contribution in [3.05, 3.63) is 77.1 Å². The second-order valence-electron chi connectivity index (χ2n) is 9.85. The molecule has 7 nitrogen and oxygen atoms in total. The van der Waals surface area contributed by atoms with Gasteiger partial charge in [0.2, 0.25) is 0 Å². The van der Waals surface area contributed by atoms with Gasteiger partial charge in [0.1, 0.15) is 11.6 Å². The van der Waals surface area contributed by atoms with E-state index < -0.39 is 0 Å². The van der Waals surface area contributed by atoms with Gasteiger partial charge in [0.15, 0.2) is 0 Å². The molecule has 4 aromatic rings. The van der Waals surface area contributed by atoms with Gasteiger partial charge in [0.05, 0.1) is 29.2 Å². The third-order valence-electron chi connectivity index (χ3n) is 7.87. The summed E-state index contributed by atoms with van der Waals surface area (Å²) >= 11 is 0. The Labute approximate surface area is 209 Å². The van der Waals surface area contributed by atoms with Gasteiger partial charge in [-0.05, 0) is 56.1 Å². The maximum atomic E-state index is 13.4. The quantitative estimate of drug-likeness (QED) is 0.436. The molecule has 36 heavy (non-hydrogen) atoms. The van der Waals surface area contributed by atoms with Crippen LogP contribution in [-0.2, 0) is 0 Å². The minimum absolute atomic E-state index is 0.00160. The summed E-state index contributed by atoms with van der Waals surface area (Å²) in [6.45, 7) is 2.86. The highest BCUT2D eigenvalue weighted by molar-refractivity contribution is 5.98. The molecule has 3 atom stereocenters. The Kier molecular flexibility index (Phi) is 4.73. The van der Waals surface area contributed by atoms with E-state index in [0.717, 1.165) is 76.3 Å². The Morgan fingerprint density at radius 2 is 1.94 bits per heavy atom. The molecule has 178 valence electrons. The van der Waals surface area contributed by atoms with E-state index in [0.29, 0.717) is 0 Å². The van der Waals surface area contributed by atoms with Crippen LogP contribution in [0.1, 0.15) is 77.4 Å². The number of carbonyl (C=O) groups is 1. The van der Waals surface area contributed by atoms with Crippen LogP contribution in [0.2, 0.25) is 0 Å². The molecule has 5 heterocycles. The normalized spacial score (nSPS) is 22.2. The van der Waals surface area contributed by atoms with E-state index in [1.165, 1.54) is 0 Å². The number of imidazole rings is 1. The Morgan fingerprint density at radius 3 is 2.72 bits per heavy atom. The zero-order valence-electron chi connectivity index (χ0n) is 20.3. The van der Waals surface area contributed by atoms with Crippen LogP contribution in [-0.4, -0.2) is 43.9 Å². The van der Waals surface area contributed by atoms with Crippen molar-refractivity contribution in [2.45, 2.75) is 44.3 Å². The number of rotatable bonds is 2. The van der Waals surface area contributed by atoms with Gasteiger partial charge in [-0.15, -0.1) is 5.92 Å². The van der Waals surface area contributed by atoms with Gasteiger partial charge in [-0.2, -0.15) is 0 Å². The molecule has 2 aromatic carbocycles. The Balaban J connectivity index is 1.37. The van der Waals surface area contributed by atoms with Crippen LogP contribution in [0.5, 0.6) is 0 Å². The van der Waals surface area contributed by atoms with Crippen molar-refractivity contribution in [2.24, 2.45) is 0 Å². The number of hydrogen-bond acceptors (Lipinski definition) is 5. The van der Waals surface area contributed by atoms with Crippen molar-refractivity contribution in [2.75, 3.05) is 13.6 Å². The number of amides is 1. The lowest BCUT2D eigenvalue weighted by Crippen LogP contribution is -2.30. The number of fused-ring (bicyclic) bond motifs is 9. The lowest BCUT2D eigenvalue weighted by Gasteiger charge is -2.24. The fraction of sp³-hybridized carbons (Fsp3) is 0.310. The highest BCUT2D eigenvalue weighted by Gasteiger charge is 2.44. The van der Waals surface area contributed by atoms with E-state index in [9.17, 15) is 4.79 Å². The monoisotopic (exact) mass is 474 g/mol. The average molecular weight is 475 g/mol. The number of nitrogens with one attached hydrogen (secondary N) is 1. The van der Waals surface area contributed by atoms with Crippen molar-refractivity contribution in [1.82, 2.24) is 29.7 Å². The predicted molar refractivity (Wildman–Crippen MR) is 137 cm³/mol. The van der Waals surface area contributed by atoms with E-state index in [1.807, 2.05) is 49.5 Å². The first-order valence-corrected chi connectivity index (χ1v) is 12.5. The first-order valence-electron chi connectivity index (χ1n) is 12.5. The fourth-order valence-corrected chi connectivity index (χ4v) is 6.11. The Morgan fingerprint density at radius 1 is 1.08 bits per heavy atom. The number of nitrogens with zero attached hydrogens (tertiary/aromatic N) is 5. The molecule has 3 aliphatic heterocycles. The largest absolute Gasteiger partial charge is 0.331 e. The van der Waals surface area contributed by atoms with Crippen LogP contribution < -0.4 is 5.32 Å². The Bertz CT molecular complexity index is 1590. The number of aromatic nitrogens is 4. The van der Waals surface area contributed by atoms with Crippen LogP contribution in [0, 0.1) is 11.8 Å². The van der Waals surface area contributed by atoms with Gasteiger partial charge in [0, 0.05) is 48.1 Å². The lowest BCUT2D eigenvalue weighted by molar-refractivity contribution is 0.0734. The third kappa shape index (κ3) is 3.04. The molecule has 2 aromatic heterocycles. The van der Waals surface area contributed by atoms with Gasteiger partial charge in [0.25, 0.3) is 5.91 Å². The molecule has 0 spiro atoms. The van der Waals surface area contributed by atoms with E-state index in [-0.39, 0.29) is 24.0 Å². The second-order valence-corrected chi connectivity index (χ2v) is 9.85. The summed E-state index contributed by atoms with van der Waals surface area (Å²) in [6.07, 6.45) is 6.89. The van der Waals surface area contributed by atoms with Crippen LogP contribution in [0.3, 0.4) is 0 Å². The Hall–Kier alpha value is -4.02. The molecule has 2 unspecified atom stereocenters. The summed E-state index contributed by atoms with van der Waals surface area (Å²) in [7, 11) is 1.88. The van der Waals surface area contributed by atoms with Crippen LogP contribution in [0.25, 0.3) is 22.2 Å². The van der Waals surface area contributed by atoms with Gasteiger partial charge in [-0.25, -0.2) is 15.0 Å². The van der Waals surface area contributed by atoms with Crippen LogP contribution in [0.15, 0.2) is 48.8 Å². The zero-order chi connectivity index (χ0) is 24.4. The first kappa shape index (κ1) is 21.3. The number of hydrogen-bond donors (Lipinski definition) is 1. The molecule has 7 heteroatoms. The molecule has 1 N–H and O–H groups in total. The van der Waals surface area contributed by atoms with Gasteiger partial charge in [-0.3, -0.25) is 4.79 Å². The highest BCUT2D eigenvalue weighted by Crippen LogP contribution is 2.48. The summed E-state index contributed by atoms with van der Waals surface area (Å²) in [5.74, 6) is 8.11. The minimum atomic E-state index is -0.0743. The summed E-state index contributed by atoms with van der Waals surface area (Å²) in [4.78, 5) is 29.6. The molecular formula is C29H26N6O. The molecule has 2 bridgehead atoms. The standard InChI is InChI=1S/C29H26N6O/c1-3-6-17-7-4-8-20-26(17)24-14-25(34(2)29(20)36)28-33-21-11-10-18(13-23(21)35(24)28)19-15-31-27(32-16-19)22-9-5-12-30-22/h4,7-8,10-11,13,15-16,22,24-25,30H,5,9,12,14H2,1-2H3/t22?,24-,25?/m1/s1. The maximum absolute atomic E-state index is 13.4. The molecule has 1 amide bonds. The average Bonchev–Trinajstić information content (AvgIpc) is 3.63. The molecular weight excluding hydrogens is 448 g/mol. The molecule has 1 fully saturated rings. The zero-order valence-corrected chi connectivity index (χ0v) is 20.3. The molecule has 0 saturated carbocycles. The molecule has 3 aliphatic rings. The van der Waals surface area contributed by atoms with E-state index in [2.05, 4.69) is 49.9 Å². The number of carbonyl (C=O) groups excluding carboxylic acids is 1. The van der Waals surface area contributed by atoms with Gasteiger partial charge in [-0.1, -0.05) is 18.1 Å². The predicted octanol–water partition coefficient (Wildman–Crippen LogP) is 4.41. The fourth-order valence-electron chi connectivity index (χ4n) is 6.11. The van der Waals surface area contributed by atoms with Crippen molar-refractivity contribution in [3.8, 4) is 23.0 Å². The summed E-state index contributed by atoms with van der Waals surface area (Å²) in [6, 6.07) is 12.4. The molecule has 1 saturated heterocycles. The smallest absolute Gasteiger partial charge is 0.254 e. The molecule has 0 aliphatic carbocycles. The molecule has 7 rings (SSSR count). The SMILES string of the molecule is CC#Cc1cccc2c1[C@H]1CC(c3nc4ccc(-c5cnc(C6CCCN6)nc5)cc4n31)N(C)C2=O. The summed E-state index contributed by atoms with van der Waals surface area (Å²) in [5.41, 5.74) is 6.69. The van der Waals surface area contributed by atoms with Crippen LogP contribution >= 0.6 is 0 Å². The van der Waals surface area contributed by atoms with Crippen molar-refractivity contribution in [3.63, 3.8) is 0 Å². The lowest BCUT2D eigenvalue weighted by atomic mass is 9.93. The summed E-state index contributed by atoms with van der Waals surface area (Å²) < 4.78 is 2.32. The topological polar surface area (TPSA) is 75.9 Å². The van der Waals surface area contributed by atoms with Crippen molar-refractivity contribution < 1.29 is 4.79 Å². The maximum Gasteiger partial charge on any atom is 0.254 e. The van der Waals surface area contributed by atoms with Crippen molar-refractivity contribution >= 4 is 16.9 Å². The van der Waals surface area contributed by atoms with Crippen molar-refractivity contribution in [1.29, 1.82) is 0 Å². The minimum Gasteiger partial charge on any atom is -0.331 e. The number of benzene rings is 2. The molecule has 0 radical (unpaired) electrons. The van der Waals surface area contributed by atoms with E-state index in [1.54, 1.807) is 0 Å². The highest BCUT2D eigenvalue weighted by atomic mass is 16.2. The first-order chi connectivity index (χ1) is 17.6. The van der Waals surface area contributed by atoms with Gasteiger partial charge < -0.3 is 14.8 Å². The third-order valence-corrected chi connectivity index (χ3v) is 7.87. The summed E-state index contributed by atoms with van der Waals surface area (Å²) in [5, 5.41) is 3.46. The van der Waals surface area contributed by atoms with Gasteiger partial charge >= 0.3 is 0 Å². The van der Waals surface area contributed by atoms with Crippen LogP contribution in [0.4, 0.5) is 0 Å².